The van der Waals surface area contributed by atoms with Crippen molar-refractivity contribution < 1.29 is 4.79 Å². The fraction of sp³-hybridized carbons (Fsp3) is 0.412. The van der Waals surface area contributed by atoms with E-state index < -0.39 is 0 Å². The third kappa shape index (κ3) is 3.47. The first kappa shape index (κ1) is 15.4. The topological polar surface area (TPSA) is 54.0 Å². The van der Waals surface area contributed by atoms with Crippen molar-refractivity contribution in [1.82, 2.24) is 15.6 Å². The van der Waals surface area contributed by atoms with Crippen LogP contribution < -0.4 is 10.6 Å². The van der Waals surface area contributed by atoms with E-state index in [9.17, 15) is 4.79 Å². The van der Waals surface area contributed by atoms with Crippen LogP contribution in [0.15, 0.2) is 28.7 Å². The van der Waals surface area contributed by atoms with E-state index in [1.807, 2.05) is 31.2 Å². The lowest BCUT2D eigenvalue weighted by Crippen LogP contribution is -2.26. The number of amides is 1. The molecule has 1 atom stereocenters. The number of pyridine rings is 1. The summed E-state index contributed by atoms with van der Waals surface area (Å²) in [6.07, 6.45) is 2.24. The zero-order valence-electron chi connectivity index (χ0n) is 12.7. The Labute approximate surface area is 138 Å². The zero-order valence-corrected chi connectivity index (χ0v) is 14.2. The Bertz CT molecular complexity index is 690. The molecule has 2 aromatic rings. The maximum absolute atomic E-state index is 12.5. The molecule has 1 saturated heterocycles. The van der Waals surface area contributed by atoms with Crippen molar-refractivity contribution >= 4 is 32.7 Å². The lowest BCUT2D eigenvalue weighted by atomic mass is 10.0. The summed E-state index contributed by atoms with van der Waals surface area (Å²) in [5, 5.41) is 7.30. The van der Waals surface area contributed by atoms with Gasteiger partial charge in [-0.15, -0.1) is 0 Å². The Morgan fingerprint density at radius 2 is 2.32 bits per heavy atom. The molecule has 1 fully saturated rings. The van der Waals surface area contributed by atoms with E-state index in [4.69, 9.17) is 0 Å². The molecule has 0 saturated carbocycles. The van der Waals surface area contributed by atoms with Gasteiger partial charge in [0.1, 0.15) is 0 Å². The van der Waals surface area contributed by atoms with E-state index in [1.165, 1.54) is 6.42 Å². The molecule has 22 heavy (non-hydrogen) atoms. The van der Waals surface area contributed by atoms with Gasteiger partial charge in [0.2, 0.25) is 0 Å². The molecule has 1 aromatic carbocycles. The van der Waals surface area contributed by atoms with E-state index >= 15 is 0 Å². The first-order valence-electron chi connectivity index (χ1n) is 7.69. The number of benzene rings is 1. The summed E-state index contributed by atoms with van der Waals surface area (Å²) in [6, 6.07) is 7.70. The standard InChI is InChI=1S/C17H20BrN3O/c1-11-8-15(14-3-2-13(18)9-16(14)21-11)17(22)20-7-5-12-4-6-19-10-12/h2-3,8-9,12,19H,4-7,10H2,1H3,(H,20,22). The minimum absolute atomic E-state index is 0.0104. The number of carbonyl (C=O) groups is 1. The molecule has 1 unspecified atom stereocenters. The quantitative estimate of drug-likeness (QED) is 0.879. The van der Waals surface area contributed by atoms with Gasteiger partial charge in [0.25, 0.3) is 5.91 Å². The van der Waals surface area contributed by atoms with Crippen LogP contribution in [0, 0.1) is 12.8 Å². The van der Waals surface area contributed by atoms with Gasteiger partial charge < -0.3 is 10.6 Å². The summed E-state index contributed by atoms with van der Waals surface area (Å²) in [7, 11) is 0. The number of aromatic nitrogens is 1. The smallest absolute Gasteiger partial charge is 0.252 e. The number of nitrogens with zero attached hydrogens (tertiary/aromatic N) is 1. The molecule has 2 heterocycles. The largest absolute Gasteiger partial charge is 0.352 e. The predicted octanol–water partition coefficient (Wildman–Crippen LogP) is 3.04. The maximum atomic E-state index is 12.5. The highest BCUT2D eigenvalue weighted by molar-refractivity contribution is 9.10. The van der Waals surface area contributed by atoms with Crippen LogP contribution in [0.1, 0.15) is 28.9 Å². The summed E-state index contributed by atoms with van der Waals surface area (Å²) >= 11 is 3.45. The summed E-state index contributed by atoms with van der Waals surface area (Å²) < 4.78 is 0.971. The highest BCUT2D eigenvalue weighted by Crippen LogP contribution is 2.22. The number of nitrogens with one attached hydrogen (secondary N) is 2. The van der Waals surface area contributed by atoms with Crippen LogP contribution in [0.3, 0.4) is 0 Å². The molecule has 1 aliphatic heterocycles. The number of aryl methyl sites for hydroxylation is 1. The predicted molar refractivity (Wildman–Crippen MR) is 92.1 cm³/mol. The zero-order chi connectivity index (χ0) is 15.5. The Balaban J connectivity index is 1.75. The van der Waals surface area contributed by atoms with Gasteiger partial charge in [0.15, 0.2) is 0 Å². The number of hydrogen-bond donors (Lipinski definition) is 2. The van der Waals surface area contributed by atoms with Crippen molar-refractivity contribution in [3.05, 3.63) is 40.0 Å². The second-order valence-corrected chi connectivity index (χ2v) is 6.79. The molecule has 2 N–H and O–H groups in total. The molecule has 0 bridgehead atoms. The minimum atomic E-state index is -0.0104. The summed E-state index contributed by atoms with van der Waals surface area (Å²) in [5.74, 6) is 0.677. The van der Waals surface area contributed by atoms with Crippen molar-refractivity contribution in [3.8, 4) is 0 Å². The van der Waals surface area contributed by atoms with Crippen molar-refractivity contribution in [2.24, 2.45) is 5.92 Å². The van der Waals surface area contributed by atoms with Crippen LogP contribution in [0.5, 0.6) is 0 Å². The summed E-state index contributed by atoms with van der Waals surface area (Å²) in [6.45, 7) is 4.81. The van der Waals surface area contributed by atoms with Crippen LogP contribution in [-0.2, 0) is 0 Å². The molecule has 0 aliphatic carbocycles. The summed E-state index contributed by atoms with van der Waals surface area (Å²) in [5.41, 5.74) is 2.41. The van der Waals surface area contributed by atoms with E-state index in [2.05, 4.69) is 31.5 Å². The first-order chi connectivity index (χ1) is 10.6. The molecule has 4 nitrogen and oxygen atoms in total. The van der Waals surface area contributed by atoms with Gasteiger partial charge in [-0.3, -0.25) is 9.78 Å². The Hall–Kier alpha value is -1.46. The highest BCUT2D eigenvalue weighted by Gasteiger charge is 2.16. The van der Waals surface area contributed by atoms with Crippen LogP contribution in [0.2, 0.25) is 0 Å². The van der Waals surface area contributed by atoms with Gasteiger partial charge in [-0.05, 0) is 57.0 Å². The Kier molecular flexibility index (Phi) is 4.74. The van der Waals surface area contributed by atoms with Crippen LogP contribution in [0.4, 0.5) is 0 Å². The molecule has 1 aromatic heterocycles. The van der Waals surface area contributed by atoms with Gasteiger partial charge in [-0.25, -0.2) is 0 Å². The molecular formula is C17H20BrN3O. The van der Waals surface area contributed by atoms with Gasteiger partial charge in [-0.2, -0.15) is 0 Å². The van der Waals surface area contributed by atoms with Gasteiger partial charge in [-0.1, -0.05) is 22.0 Å². The number of carbonyl (C=O) groups excluding carboxylic acids is 1. The molecule has 1 aliphatic rings. The third-order valence-corrected chi connectivity index (χ3v) is 4.64. The fourth-order valence-corrected chi connectivity index (χ4v) is 3.32. The number of halogens is 1. The van der Waals surface area contributed by atoms with Crippen LogP contribution in [-0.4, -0.2) is 30.5 Å². The van der Waals surface area contributed by atoms with E-state index in [0.717, 1.165) is 47.1 Å². The van der Waals surface area contributed by atoms with Crippen molar-refractivity contribution in [3.63, 3.8) is 0 Å². The first-order valence-corrected chi connectivity index (χ1v) is 8.48. The maximum Gasteiger partial charge on any atom is 0.252 e. The van der Waals surface area contributed by atoms with Crippen LogP contribution >= 0.6 is 15.9 Å². The second kappa shape index (κ2) is 6.75. The third-order valence-electron chi connectivity index (χ3n) is 4.15. The average molecular weight is 362 g/mol. The van der Waals surface area contributed by atoms with Crippen molar-refractivity contribution in [2.45, 2.75) is 19.8 Å². The Morgan fingerprint density at radius 3 is 3.09 bits per heavy atom. The second-order valence-electron chi connectivity index (χ2n) is 5.88. The van der Waals surface area contributed by atoms with E-state index in [0.29, 0.717) is 11.5 Å². The average Bonchev–Trinajstić information content (AvgIpc) is 2.99. The number of fused-ring (bicyclic) bond motifs is 1. The van der Waals surface area contributed by atoms with E-state index in [1.54, 1.807) is 0 Å². The lowest BCUT2D eigenvalue weighted by molar-refractivity contribution is 0.0953. The molecule has 5 heteroatoms. The monoisotopic (exact) mass is 361 g/mol. The van der Waals surface area contributed by atoms with E-state index in [-0.39, 0.29) is 5.91 Å². The normalized spacial score (nSPS) is 17.8. The molecule has 0 spiro atoms. The molecule has 1 amide bonds. The molecule has 116 valence electrons. The van der Waals surface area contributed by atoms with Crippen molar-refractivity contribution in [2.75, 3.05) is 19.6 Å². The molecular weight excluding hydrogens is 342 g/mol. The van der Waals surface area contributed by atoms with Crippen molar-refractivity contribution in [1.29, 1.82) is 0 Å². The number of hydrogen-bond acceptors (Lipinski definition) is 3. The SMILES string of the molecule is Cc1cc(C(=O)NCCC2CCNC2)c2ccc(Br)cc2n1. The lowest BCUT2D eigenvalue weighted by Gasteiger charge is -2.11. The summed E-state index contributed by atoms with van der Waals surface area (Å²) in [4.78, 5) is 17.0. The van der Waals surface area contributed by atoms with Gasteiger partial charge >= 0.3 is 0 Å². The number of rotatable bonds is 4. The Morgan fingerprint density at radius 1 is 1.45 bits per heavy atom. The molecule has 3 rings (SSSR count). The van der Waals surface area contributed by atoms with Crippen LogP contribution in [0.25, 0.3) is 10.9 Å². The molecule has 0 radical (unpaired) electrons. The van der Waals surface area contributed by atoms with Gasteiger partial charge in [0, 0.05) is 22.1 Å². The highest BCUT2D eigenvalue weighted by atomic mass is 79.9. The fourth-order valence-electron chi connectivity index (χ4n) is 2.97. The van der Waals surface area contributed by atoms with Gasteiger partial charge in [0.05, 0.1) is 11.1 Å². The minimum Gasteiger partial charge on any atom is -0.352 e.